The van der Waals surface area contributed by atoms with Crippen LogP contribution in [0.15, 0.2) is 0 Å². The maximum absolute atomic E-state index is 11.9. The normalized spacial score (nSPS) is 34.5. The van der Waals surface area contributed by atoms with Gasteiger partial charge in [-0.3, -0.25) is 4.79 Å². The molecule has 0 spiro atoms. The Balaban J connectivity index is 2.69. The highest BCUT2D eigenvalue weighted by molar-refractivity contribution is 5.88. The van der Waals surface area contributed by atoms with E-state index in [4.69, 9.17) is 5.11 Å². The Morgan fingerprint density at radius 1 is 1.62 bits per heavy atom. The highest BCUT2D eigenvalue weighted by atomic mass is 16.3. The summed E-state index contributed by atoms with van der Waals surface area (Å²) < 4.78 is 0. The molecule has 2 heteroatoms. The van der Waals surface area contributed by atoms with Crippen LogP contribution in [0, 0.1) is 17.3 Å². The summed E-state index contributed by atoms with van der Waals surface area (Å²) >= 11 is 0. The number of hydrogen-bond donors (Lipinski definition) is 1. The fourth-order valence-electron chi connectivity index (χ4n) is 2.31. The van der Waals surface area contributed by atoms with Crippen molar-refractivity contribution in [2.45, 2.75) is 40.0 Å². The average molecular weight is 184 g/mol. The second-order valence-electron chi connectivity index (χ2n) is 4.79. The van der Waals surface area contributed by atoms with Gasteiger partial charge in [0.25, 0.3) is 0 Å². The minimum atomic E-state index is -0.232. The first-order chi connectivity index (χ1) is 6.01. The van der Waals surface area contributed by atoms with Crippen LogP contribution in [0.4, 0.5) is 0 Å². The van der Waals surface area contributed by atoms with E-state index in [0.29, 0.717) is 18.1 Å². The topological polar surface area (TPSA) is 37.3 Å². The first-order valence-electron chi connectivity index (χ1n) is 5.16. The zero-order valence-corrected chi connectivity index (χ0v) is 8.84. The third-order valence-electron chi connectivity index (χ3n) is 3.41. The Morgan fingerprint density at radius 2 is 2.23 bits per heavy atom. The first kappa shape index (κ1) is 10.7. The van der Waals surface area contributed by atoms with Gasteiger partial charge < -0.3 is 5.11 Å². The van der Waals surface area contributed by atoms with E-state index in [1.807, 2.05) is 6.92 Å². The van der Waals surface area contributed by atoms with Gasteiger partial charge in [0.1, 0.15) is 5.78 Å². The molecule has 0 bridgehead atoms. The predicted octanol–water partition coefficient (Wildman–Crippen LogP) is 2.01. The minimum Gasteiger partial charge on any atom is -0.396 e. The summed E-state index contributed by atoms with van der Waals surface area (Å²) in [5, 5.41) is 8.88. The maximum atomic E-state index is 11.9. The highest BCUT2D eigenvalue weighted by Gasteiger charge is 2.44. The second-order valence-corrected chi connectivity index (χ2v) is 4.79. The molecule has 2 nitrogen and oxygen atoms in total. The molecular formula is C11H20O2. The molecule has 1 rings (SSSR count). The van der Waals surface area contributed by atoms with Crippen molar-refractivity contribution in [2.75, 3.05) is 6.61 Å². The molecule has 2 atom stereocenters. The van der Waals surface area contributed by atoms with Gasteiger partial charge in [-0.15, -0.1) is 0 Å². The molecule has 0 radical (unpaired) electrons. The zero-order chi connectivity index (χ0) is 10.1. The second kappa shape index (κ2) is 3.79. The van der Waals surface area contributed by atoms with Crippen LogP contribution in [0.25, 0.3) is 0 Å². The number of carbonyl (C=O) groups is 1. The highest BCUT2D eigenvalue weighted by Crippen LogP contribution is 2.43. The largest absolute Gasteiger partial charge is 0.396 e. The zero-order valence-electron chi connectivity index (χ0n) is 8.84. The van der Waals surface area contributed by atoms with Crippen molar-refractivity contribution in [3.8, 4) is 0 Å². The Bertz CT molecular complexity index is 198. The van der Waals surface area contributed by atoms with Gasteiger partial charge in [0.15, 0.2) is 0 Å². The van der Waals surface area contributed by atoms with Crippen LogP contribution in [0.1, 0.15) is 40.0 Å². The minimum absolute atomic E-state index is 0.132. The molecule has 1 unspecified atom stereocenters. The molecule has 76 valence electrons. The van der Waals surface area contributed by atoms with Crippen LogP contribution < -0.4 is 0 Å². The summed E-state index contributed by atoms with van der Waals surface area (Å²) in [6.07, 6.45) is 2.59. The fourth-order valence-corrected chi connectivity index (χ4v) is 2.31. The third-order valence-corrected chi connectivity index (χ3v) is 3.41. The summed E-state index contributed by atoms with van der Waals surface area (Å²) in [4.78, 5) is 11.9. The summed E-state index contributed by atoms with van der Waals surface area (Å²) in [6, 6.07) is 0. The molecule has 13 heavy (non-hydrogen) atoms. The Labute approximate surface area is 80.3 Å². The molecule has 1 saturated carbocycles. The summed E-state index contributed by atoms with van der Waals surface area (Å²) in [7, 11) is 0. The van der Waals surface area contributed by atoms with E-state index < -0.39 is 0 Å². The molecule has 0 heterocycles. The van der Waals surface area contributed by atoms with Gasteiger partial charge in [-0.2, -0.15) is 0 Å². The maximum Gasteiger partial charge on any atom is 0.142 e. The molecule has 0 aliphatic heterocycles. The van der Waals surface area contributed by atoms with E-state index in [2.05, 4.69) is 13.8 Å². The number of aliphatic hydroxyl groups is 1. The van der Waals surface area contributed by atoms with Crippen molar-refractivity contribution >= 4 is 5.78 Å². The van der Waals surface area contributed by atoms with Crippen molar-refractivity contribution in [1.82, 2.24) is 0 Å². The average Bonchev–Trinajstić information content (AvgIpc) is 2.30. The Hall–Kier alpha value is -0.370. The van der Waals surface area contributed by atoms with E-state index >= 15 is 0 Å². The summed E-state index contributed by atoms with van der Waals surface area (Å²) in [6.45, 7) is 6.33. The number of Topliss-reactive ketones (excluding diaryl/α,β-unsaturated/α-hetero) is 1. The van der Waals surface area contributed by atoms with Crippen LogP contribution in [0.2, 0.25) is 0 Å². The number of hydrogen-bond acceptors (Lipinski definition) is 2. The molecule has 0 saturated heterocycles. The summed E-state index contributed by atoms with van der Waals surface area (Å²) in [5.74, 6) is 1.06. The van der Waals surface area contributed by atoms with Gasteiger partial charge >= 0.3 is 0 Å². The smallest absolute Gasteiger partial charge is 0.142 e. The van der Waals surface area contributed by atoms with Gasteiger partial charge in [0.2, 0.25) is 0 Å². The monoisotopic (exact) mass is 184 g/mol. The molecule has 0 aromatic rings. The molecule has 0 aromatic carbocycles. The Morgan fingerprint density at radius 3 is 2.62 bits per heavy atom. The van der Waals surface area contributed by atoms with Crippen molar-refractivity contribution < 1.29 is 9.90 Å². The fraction of sp³-hybridized carbons (Fsp3) is 0.909. The van der Waals surface area contributed by atoms with Gasteiger partial charge in [0.05, 0.1) is 0 Å². The van der Waals surface area contributed by atoms with Crippen molar-refractivity contribution in [2.24, 2.45) is 17.3 Å². The first-order valence-corrected chi connectivity index (χ1v) is 5.16. The molecule has 1 aliphatic rings. The summed E-state index contributed by atoms with van der Waals surface area (Å²) in [5.41, 5.74) is -0.232. The van der Waals surface area contributed by atoms with E-state index in [0.717, 1.165) is 12.8 Å². The molecular weight excluding hydrogens is 164 g/mol. The van der Waals surface area contributed by atoms with Crippen LogP contribution in [0.5, 0.6) is 0 Å². The third kappa shape index (κ3) is 1.93. The van der Waals surface area contributed by atoms with Crippen molar-refractivity contribution in [3.63, 3.8) is 0 Å². The lowest BCUT2D eigenvalue weighted by atomic mass is 9.81. The number of ketones is 1. The van der Waals surface area contributed by atoms with Crippen LogP contribution in [0.3, 0.4) is 0 Å². The van der Waals surface area contributed by atoms with E-state index in [-0.39, 0.29) is 17.9 Å². The molecule has 0 amide bonds. The molecule has 1 aliphatic carbocycles. The Kier molecular flexibility index (Phi) is 3.12. The van der Waals surface area contributed by atoms with E-state index in [9.17, 15) is 4.79 Å². The lowest BCUT2D eigenvalue weighted by Crippen LogP contribution is -2.28. The van der Waals surface area contributed by atoms with Crippen LogP contribution >= 0.6 is 0 Å². The van der Waals surface area contributed by atoms with Gasteiger partial charge in [0, 0.05) is 17.9 Å². The SMILES string of the molecule is CC(C)C1CC[C@](C)(CCO)C1=O. The van der Waals surface area contributed by atoms with Gasteiger partial charge in [-0.05, 0) is 25.2 Å². The van der Waals surface area contributed by atoms with Gasteiger partial charge in [-0.1, -0.05) is 20.8 Å². The molecule has 0 aromatic heterocycles. The predicted molar refractivity (Wildman–Crippen MR) is 52.4 cm³/mol. The van der Waals surface area contributed by atoms with Crippen LogP contribution in [-0.4, -0.2) is 17.5 Å². The lowest BCUT2D eigenvalue weighted by molar-refractivity contribution is -0.129. The van der Waals surface area contributed by atoms with E-state index in [1.54, 1.807) is 0 Å². The standard InChI is InChI=1S/C11H20O2/c1-8(2)9-4-5-11(3,6-7-12)10(9)13/h8-9,12H,4-7H2,1-3H3/t9?,11-/m1/s1. The number of aliphatic hydroxyl groups excluding tert-OH is 1. The molecule has 1 N–H and O–H groups in total. The molecule has 1 fully saturated rings. The van der Waals surface area contributed by atoms with Crippen molar-refractivity contribution in [1.29, 1.82) is 0 Å². The number of rotatable bonds is 3. The lowest BCUT2D eigenvalue weighted by Gasteiger charge is -2.22. The van der Waals surface area contributed by atoms with Crippen molar-refractivity contribution in [3.05, 3.63) is 0 Å². The van der Waals surface area contributed by atoms with Crippen LogP contribution in [-0.2, 0) is 4.79 Å². The number of carbonyl (C=O) groups excluding carboxylic acids is 1. The van der Waals surface area contributed by atoms with E-state index in [1.165, 1.54) is 0 Å². The quantitative estimate of drug-likeness (QED) is 0.728. The van der Waals surface area contributed by atoms with Gasteiger partial charge in [-0.25, -0.2) is 0 Å².